The Hall–Kier alpha value is -0.910. The van der Waals surface area contributed by atoms with Gasteiger partial charge in [-0.1, -0.05) is 30.3 Å². The van der Waals surface area contributed by atoms with E-state index in [1.165, 1.54) is 0 Å². The molecule has 0 aromatic heterocycles. The number of halogens is 1. The first-order valence-electron chi connectivity index (χ1n) is 7.71. The van der Waals surface area contributed by atoms with Crippen LogP contribution in [0.4, 0.5) is 0 Å². The van der Waals surface area contributed by atoms with E-state index in [0.717, 1.165) is 30.2 Å². The lowest BCUT2D eigenvalue weighted by atomic mass is 9.73. The van der Waals surface area contributed by atoms with E-state index < -0.39 is 11.6 Å². The van der Waals surface area contributed by atoms with Crippen LogP contribution in [0.1, 0.15) is 31.2 Å². The molecule has 0 radical (unpaired) electrons. The van der Waals surface area contributed by atoms with Crippen LogP contribution in [0.3, 0.4) is 0 Å². The normalized spacial score (nSPS) is 31.9. The summed E-state index contributed by atoms with van der Waals surface area (Å²) in [6.07, 6.45) is 3.83. The molecule has 2 fully saturated rings. The summed E-state index contributed by atoms with van der Waals surface area (Å²) in [4.78, 5) is 11.9. The smallest absolute Gasteiger partial charge is 0.340 e. The second-order valence-electron chi connectivity index (χ2n) is 7.12. The molecule has 22 heavy (non-hydrogen) atoms. The summed E-state index contributed by atoms with van der Waals surface area (Å²) in [6.45, 7) is 0. The Morgan fingerprint density at radius 2 is 1.64 bits per heavy atom. The van der Waals surface area contributed by atoms with Crippen LogP contribution in [0.2, 0.25) is 0 Å². The monoisotopic (exact) mass is 369 g/mol. The number of quaternary nitrogens is 1. The first-order valence-corrected chi connectivity index (χ1v) is 7.71. The lowest BCUT2D eigenvalue weighted by Gasteiger charge is -2.47. The number of fused-ring (bicyclic) bond motifs is 2. The molecule has 2 saturated heterocycles. The molecular weight excluding hydrogens is 346 g/mol. The van der Waals surface area contributed by atoms with Gasteiger partial charge in [0.25, 0.3) is 0 Å². The van der Waals surface area contributed by atoms with E-state index in [1.54, 1.807) is 24.3 Å². The molecule has 4 nitrogen and oxygen atoms in total. The Balaban J connectivity index is 0.00000176. The van der Waals surface area contributed by atoms with Gasteiger partial charge in [0, 0.05) is 31.6 Å². The van der Waals surface area contributed by atoms with Gasteiger partial charge in [0.2, 0.25) is 0 Å². The predicted octanol–water partition coefficient (Wildman–Crippen LogP) is -1.02. The van der Waals surface area contributed by atoms with Gasteiger partial charge in [0.1, 0.15) is 0 Å². The summed E-state index contributed by atoms with van der Waals surface area (Å²) < 4.78 is 0.973. The first-order chi connectivity index (χ1) is 9.86. The standard InChI is InChI=1S/C17H23NO3.BrH/c1-18(2)14-8-9-15(18)11-13(10-14)17(21,16(19)20)12-6-4-3-5-7-12;/h3-7,13-15,21H,8-11H2,1-2H3;1H. The quantitative estimate of drug-likeness (QED) is 0.670. The molecule has 3 atom stereocenters. The van der Waals surface area contributed by atoms with Gasteiger partial charge in [-0.25, -0.2) is 4.79 Å². The first kappa shape index (κ1) is 17.4. The number of carboxylic acids is 1. The summed E-state index contributed by atoms with van der Waals surface area (Å²) in [5.41, 5.74) is -1.25. The van der Waals surface area contributed by atoms with E-state index in [4.69, 9.17) is 0 Å². The van der Waals surface area contributed by atoms with Crippen LogP contribution in [0.5, 0.6) is 0 Å². The average molecular weight is 370 g/mol. The third kappa shape index (κ3) is 2.49. The number of rotatable bonds is 3. The third-order valence-electron chi connectivity index (χ3n) is 5.96. The van der Waals surface area contributed by atoms with Crippen molar-refractivity contribution in [2.45, 2.75) is 43.4 Å². The zero-order chi connectivity index (χ0) is 15.3. The molecule has 2 N–H and O–H groups in total. The Labute approximate surface area is 142 Å². The summed E-state index contributed by atoms with van der Waals surface area (Å²) >= 11 is 0. The van der Waals surface area contributed by atoms with Gasteiger partial charge < -0.3 is 31.7 Å². The van der Waals surface area contributed by atoms with Crippen LogP contribution in [0.25, 0.3) is 0 Å². The number of carbonyl (C=O) groups is 1. The summed E-state index contributed by atoms with van der Waals surface area (Å²) in [7, 11) is 4.47. The molecule has 3 rings (SSSR count). The van der Waals surface area contributed by atoms with Crippen molar-refractivity contribution in [3.8, 4) is 0 Å². The predicted molar refractivity (Wildman–Crippen MR) is 79.6 cm³/mol. The maximum Gasteiger partial charge on any atom is 0.340 e. The Morgan fingerprint density at radius 1 is 1.14 bits per heavy atom. The number of nitrogens with zero attached hydrogens (tertiary/aromatic N) is 1. The lowest BCUT2D eigenvalue weighted by molar-refractivity contribution is -0.932. The number of aliphatic hydroxyl groups is 1. The van der Waals surface area contributed by atoms with E-state index in [-0.39, 0.29) is 22.9 Å². The molecule has 5 heteroatoms. The maximum absolute atomic E-state index is 11.9. The molecule has 0 saturated carbocycles. The number of aliphatic carboxylic acids is 1. The van der Waals surface area contributed by atoms with Gasteiger partial charge in [0.15, 0.2) is 5.60 Å². The number of carboxylic acid groups (broad SMARTS) is 1. The molecule has 0 amide bonds. The molecule has 2 bridgehead atoms. The molecule has 1 aromatic carbocycles. The van der Waals surface area contributed by atoms with E-state index in [0.29, 0.717) is 17.6 Å². The Morgan fingerprint density at radius 3 is 2.09 bits per heavy atom. The zero-order valence-corrected chi connectivity index (χ0v) is 14.7. The van der Waals surface area contributed by atoms with E-state index in [1.807, 2.05) is 6.07 Å². The van der Waals surface area contributed by atoms with Gasteiger partial charge in [0.05, 0.1) is 26.2 Å². The number of piperidine rings is 1. The van der Waals surface area contributed by atoms with Crippen molar-refractivity contribution in [3.63, 3.8) is 0 Å². The second kappa shape index (κ2) is 5.95. The lowest BCUT2D eigenvalue weighted by Crippen LogP contribution is -3.00. The highest BCUT2D eigenvalue weighted by Crippen LogP contribution is 2.48. The maximum atomic E-state index is 11.9. The fraction of sp³-hybridized carbons (Fsp3) is 0.588. The largest absolute Gasteiger partial charge is 1.00 e. The topological polar surface area (TPSA) is 57.5 Å². The van der Waals surface area contributed by atoms with Gasteiger partial charge >= 0.3 is 5.97 Å². The molecule has 2 heterocycles. The van der Waals surface area contributed by atoms with Crippen LogP contribution >= 0.6 is 0 Å². The Kier molecular flexibility index (Phi) is 4.71. The summed E-state index contributed by atoms with van der Waals surface area (Å²) in [5, 5.41) is 20.7. The van der Waals surface area contributed by atoms with Gasteiger partial charge in [-0.2, -0.15) is 0 Å². The van der Waals surface area contributed by atoms with Crippen LogP contribution in [0, 0.1) is 5.92 Å². The van der Waals surface area contributed by atoms with Crippen molar-refractivity contribution in [1.29, 1.82) is 0 Å². The fourth-order valence-electron chi connectivity index (χ4n) is 4.45. The molecule has 1 aromatic rings. The van der Waals surface area contributed by atoms with E-state index in [2.05, 4.69) is 14.1 Å². The minimum Gasteiger partial charge on any atom is -1.00 e. The third-order valence-corrected chi connectivity index (χ3v) is 5.96. The van der Waals surface area contributed by atoms with Crippen LogP contribution in [-0.4, -0.2) is 46.8 Å². The highest BCUT2D eigenvalue weighted by atomic mass is 79.9. The minimum atomic E-state index is -1.76. The fourth-order valence-corrected chi connectivity index (χ4v) is 4.45. The molecule has 0 spiro atoms. The molecule has 2 aliphatic heterocycles. The summed E-state index contributed by atoms with van der Waals surface area (Å²) in [6, 6.07) is 9.80. The minimum absolute atomic E-state index is 0. The molecule has 0 aliphatic carbocycles. The number of hydrogen-bond donors (Lipinski definition) is 2. The van der Waals surface area contributed by atoms with Crippen LogP contribution < -0.4 is 17.0 Å². The number of benzene rings is 1. The SMILES string of the molecule is C[N+]1(C)C2CCC1CC(C(O)(C(=O)O)c1ccccc1)C2.[Br-]. The van der Waals surface area contributed by atoms with Crippen LogP contribution in [-0.2, 0) is 10.4 Å². The Bertz CT molecular complexity index is 532. The number of hydrogen-bond acceptors (Lipinski definition) is 2. The highest BCUT2D eigenvalue weighted by molar-refractivity contribution is 5.79. The van der Waals surface area contributed by atoms with Gasteiger partial charge in [-0.05, 0) is 5.56 Å². The molecule has 122 valence electrons. The van der Waals surface area contributed by atoms with Crippen molar-refractivity contribution >= 4 is 5.97 Å². The highest BCUT2D eigenvalue weighted by Gasteiger charge is 2.56. The van der Waals surface area contributed by atoms with Gasteiger partial charge in [-0.15, -0.1) is 0 Å². The van der Waals surface area contributed by atoms with Crippen molar-refractivity contribution in [1.82, 2.24) is 0 Å². The van der Waals surface area contributed by atoms with Crippen LogP contribution in [0.15, 0.2) is 30.3 Å². The van der Waals surface area contributed by atoms with Crippen molar-refractivity contribution in [2.75, 3.05) is 14.1 Å². The molecular formula is C17H24BrNO3. The zero-order valence-electron chi connectivity index (χ0n) is 13.1. The van der Waals surface area contributed by atoms with Crippen molar-refractivity contribution in [3.05, 3.63) is 35.9 Å². The average Bonchev–Trinajstić information content (AvgIpc) is 2.67. The van der Waals surface area contributed by atoms with Gasteiger partial charge in [-0.3, -0.25) is 0 Å². The summed E-state index contributed by atoms with van der Waals surface area (Å²) in [5.74, 6) is -1.33. The van der Waals surface area contributed by atoms with E-state index in [9.17, 15) is 15.0 Å². The molecule has 3 unspecified atom stereocenters. The van der Waals surface area contributed by atoms with Crippen molar-refractivity contribution < 1.29 is 36.5 Å². The van der Waals surface area contributed by atoms with Crippen molar-refractivity contribution in [2.24, 2.45) is 5.92 Å². The molecule has 2 aliphatic rings. The second-order valence-corrected chi connectivity index (χ2v) is 7.12. The van der Waals surface area contributed by atoms with E-state index >= 15 is 0 Å².